The standard InChI is InChI=1S/C29H31ClF5N9O3/c1-42-21(19-13-44(22-11-28(22,31)32)41-23(19)29(33,34)35)12-37-24(42)26(46)39-16-2-3-18(20(30)10-16)25(45)38-15-4-6-43(7-5-15)27(47)40-17-8-14(36)9-17/h2-3,10,12-15,17,22H,4-9,11,36H2,1H3,(H,38,45)(H,39,46)(H,40,47)/t14?,17?,22-/m1/s1. The van der Waals surface area contributed by atoms with Crippen LogP contribution in [0.4, 0.5) is 32.4 Å². The van der Waals surface area contributed by atoms with E-state index in [9.17, 15) is 36.3 Å². The molecule has 2 aliphatic carbocycles. The Morgan fingerprint density at radius 1 is 1.06 bits per heavy atom. The summed E-state index contributed by atoms with van der Waals surface area (Å²) in [6.45, 7) is 0.943. The third-order valence-electron chi connectivity index (χ3n) is 8.67. The number of aromatic nitrogens is 4. The summed E-state index contributed by atoms with van der Waals surface area (Å²) in [6, 6.07) is 2.62. The van der Waals surface area contributed by atoms with E-state index < -0.39 is 47.6 Å². The van der Waals surface area contributed by atoms with Crippen LogP contribution in [0.15, 0.2) is 30.6 Å². The van der Waals surface area contributed by atoms with Gasteiger partial charge in [0.25, 0.3) is 17.7 Å². The largest absolute Gasteiger partial charge is 0.435 e. The Morgan fingerprint density at radius 3 is 2.34 bits per heavy atom. The van der Waals surface area contributed by atoms with Crippen LogP contribution in [0.1, 0.15) is 64.8 Å². The SMILES string of the molecule is Cn1c(-c2cn([C@@H]3CC3(F)F)nc2C(F)(F)F)cnc1C(=O)Nc1ccc(C(=O)NC2CCN(C(=O)NC3CC(N)C3)CC2)c(Cl)c1. The van der Waals surface area contributed by atoms with Gasteiger partial charge in [0.2, 0.25) is 0 Å². The molecule has 2 saturated carbocycles. The zero-order valence-corrected chi connectivity index (χ0v) is 25.7. The summed E-state index contributed by atoms with van der Waals surface area (Å²) < 4.78 is 70.0. The minimum atomic E-state index is -4.94. The fraction of sp³-hybridized carbons (Fsp3) is 0.483. The Morgan fingerprint density at radius 2 is 1.74 bits per heavy atom. The minimum absolute atomic E-state index is 0.0375. The topological polar surface area (TPSA) is 152 Å². The van der Waals surface area contributed by atoms with Gasteiger partial charge in [0.1, 0.15) is 6.04 Å². The molecule has 4 amide bonds. The maximum Gasteiger partial charge on any atom is 0.435 e. The molecule has 3 fully saturated rings. The van der Waals surface area contributed by atoms with Crippen molar-refractivity contribution < 1.29 is 36.3 Å². The molecule has 2 aromatic heterocycles. The molecule has 3 heterocycles. The molecule has 0 bridgehead atoms. The Hall–Kier alpha value is -4.25. The average molecular weight is 684 g/mol. The van der Waals surface area contributed by atoms with E-state index >= 15 is 0 Å². The zero-order valence-electron chi connectivity index (χ0n) is 25.0. The van der Waals surface area contributed by atoms with Crippen molar-refractivity contribution in [2.45, 2.75) is 68.4 Å². The van der Waals surface area contributed by atoms with Gasteiger partial charge >= 0.3 is 12.2 Å². The fourth-order valence-corrected chi connectivity index (χ4v) is 6.07. The number of piperidine rings is 1. The van der Waals surface area contributed by atoms with E-state index in [1.165, 1.54) is 25.2 Å². The first-order chi connectivity index (χ1) is 22.1. The molecule has 1 saturated heterocycles. The summed E-state index contributed by atoms with van der Waals surface area (Å²) in [5, 5.41) is 11.8. The van der Waals surface area contributed by atoms with Gasteiger partial charge in [-0.15, -0.1) is 0 Å². The van der Waals surface area contributed by atoms with Gasteiger partial charge in [0.05, 0.1) is 28.0 Å². The van der Waals surface area contributed by atoms with Crippen LogP contribution in [-0.4, -0.2) is 79.2 Å². The van der Waals surface area contributed by atoms with E-state index in [-0.39, 0.29) is 51.9 Å². The van der Waals surface area contributed by atoms with E-state index in [2.05, 4.69) is 26.0 Å². The van der Waals surface area contributed by atoms with Gasteiger partial charge < -0.3 is 31.2 Å². The van der Waals surface area contributed by atoms with Crippen molar-refractivity contribution in [3.8, 4) is 11.3 Å². The van der Waals surface area contributed by atoms with E-state index in [0.29, 0.717) is 30.6 Å². The lowest BCUT2D eigenvalue weighted by molar-refractivity contribution is -0.141. The third-order valence-corrected chi connectivity index (χ3v) is 8.98. The molecule has 3 aromatic rings. The lowest BCUT2D eigenvalue weighted by atomic mass is 9.88. The smallest absolute Gasteiger partial charge is 0.349 e. The Labute approximate surface area is 269 Å². The van der Waals surface area contributed by atoms with Gasteiger partial charge in [0, 0.05) is 56.6 Å². The number of rotatable bonds is 7. The molecule has 6 rings (SSSR count). The maximum atomic E-state index is 13.7. The minimum Gasteiger partial charge on any atom is -0.349 e. The number of halogens is 6. The lowest BCUT2D eigenvalue weighted by Crippen LogP contribution is -2.56. The number of anilines is 1. The number of hydrogen-bond acceptors (Lipinski definition) is 6. The van der Waals surface area contributed by atoms with Crippen molar-refractivity contribution in [3.63, 3.8) is 0 Å². The number of likely N-dealkylation sites (tertiary alicyclic amines) is 1. The number of carbonyl (C=O) groups is 3. The molecule has 5 N–H and O–H groups in total. The van der Waals surface area contributed by atoms with Gasteiger partial charge in [-0.25, -0.2) is 18.6 Å². The normalized spacial score (nSPS) is 22.4. The molecule has 18 heteroatoms. The molecule has 3 aliphatic rings. The van der Waals surface area contributed by atoms with Gasteiger partial charge in [-0.1, -0.05) is 11.6 Å². The molecule has 0 radical (unpaired) electrons. The lowest BCUT2D eigenvalue weighted by Gasteiger charge is -2.37. The number of urea groups is 1. The van der Waals surface area contributed by atoms with E-state index in [0.717, 1.165) is 29.8 Å². The number of imidazole rings is 1. The molecule has 1 atom stereocenters. The highest BCUT2D eigenvalue weighted by molar-refractivity contribution is 6.34. The molecule has 252 valence electrons. The van der Waals surface area contributed by atoms with Crippen LogP contribution in [0.3, 0.4) is 0 Å². The summed E-state index contributed by atoms with van der Waals surface area (Å²) in [4.78, 5) is 44.1. The predicted octanol–water partition coefficient (Wildman–Crippen LogP) is 4.18. The first-order valence-corrected chi connectivity index (χ1v) is 15.3. The third kappa shape index (κ3) is 6.76. The molecular formula is C29H31ClF5N9O3. The predicted molar refractivity (Wildman–Crippen MR) is 159 cm³/mol. The van der Waals surface area contributed by atoms with E-state index in [1.807, 2.05) is 0 Å². The maximum absolute atomic E-state index is 13.7. The van der Waals surface area contributed by atoms with Crippen molar-refractivity contribution in [2.75, 3.05) is 18.4 Å². The van der Waals surface area contributed by atoms with Crippen LogP contribution in [0.5, 0.6) is 0 Å². The van der Waals surface area contributed by atoms with Gasteiger partial charge in [-0.05, 0) is 43.9 Å². The summed E-state index contributed by atoms with van der Waals surface area (Å²) in [6.07, 6.45) is -1.03. The quantitative estimate of drug-likeness (QED) is 0.274. The van der Waals surface area contributed by atoms with Crippen LogP contribution in [0, 0.1) is 0 Å². The van der Waals surface area contributed by atoms with Crippen LogP contribution in [0.25, 0.3) is 11.3 Å². The Kier molecular flexibility index (Phi) is 8.40. The number of carbonyl (C=O) groups excluding carboxylic acids is 3. The van der Waals surface area contributed by atoms with Crippen molar-refractivity contribution in [3.05, 3.63) is 52.7 Å². The summed E-state index contributed by atoms with van der Waals surface area (Å²) in [7, 11) is 1.31. The summed E-state index contributed by atoms with van der Waals surface area (Å²) >= 11 is 6.37. The fourth-order valence-electron chi connectivity index (χ4n) is 5.80. The first kappa shape index (κ1) is 32.7. The molecule has 1 aromatic carbocycles. The number of nitrogens with one attached hydrogen (secondary N) is 3. The number of nitrogens with two attached hydrogens (primary N) is 1. The Balaban J connectivity index is 1.07. The van der Waals surface area contributed by atoms with Gasteiger partial charge in [0.15, 0.2) is 11.5 Å². The second-order valence-corrected chi connectivity index (χ2v) is 12.5. The highest BCUT2D eigenvalue weighted by Gasteiger charge is 2.59. The van der Waals surface area contributed by atoms with Crippen molar-refractivity contribution in [1.82, 2.24) is 34.9 Å². The second kappa shape index (κ2) is 12.1. The Bertz CT molecular complexity index is 1710. The van der Waals surface area contributed by atoms with Crippen molar-refractivity contribution in [1.29, 1.82) is 0 Å². The summed E-state index contributed by atoms with van der Waals surface area (Å²) in [5.41, 5.74) is 4.09. The van der Waals surface area contributed by atoms with Crippen molar-refractivity contribution >= 4 is 35.1 Å². The number of hydrogen-bond donors (Lipinski definition) is 4. The van der Waals surface area contributed by atoms with Crippen LogP contribution >= 0.6 is 11.6 Å². The van der Waals surface area contributed by atoms with Crippen LogP contribution < -0.4 is 21.7 Å². The van der Waals surface area contributed by atoms with Crippen LogP contribution in [0.2, 0.25) is 5.02 Å². The van der Waals surface area contributed by atoms with E-state index in [1.54, 1.807) is 4.90 Å². The number of alkyl halides is 5. The molecule has 0 spiro atoms. The van der Waals surface area contributed by atoms with Gasteiger partial charge in [-0.3, -0.25) is 14.3 Å². The monoisotopic (exact) mass is 683 g/mol. The first-order valence-electron chi connectivity index (χ1n) is 14.9. The summed E-state index contributed by atoms with van der Waals surface area (Å²) in [5.74, 6) is -4.65. The van der Waals surface area contributed by atoms with Gasteiger partial charge in [-0.2, -0.15) is 18.3 Å². The highest BCUT2D eigenvalue weighted by atomic mass is 35.5. The van der Waals surface area contributed by atoms with E-state index in [4.69, 9.17) is 17.3 Å². The number of benzene rings is 1. The molecular weight excluding hydrogens is 653 g/mol. The molecule has 0 unspecified atom stereocenters. The molecule has 12 nitrogen and oxygen atoms in total. The second-order valence-electron chi connectivity index (χ2n) is 12.1. The highest BCUT2D eigenvalue weighted by Crippen LogP contribution is 2.53. The van der Waals surface area contributed by atoms with Crippen LogP contribution in [-0.2, 0) is 13.2 Å². The zero-order chi connectivity index (χ0) is 33.8. The molecule has 1 aliphatic heterocycles. The number of amides is 4. The van der Waals surface area contributed by atoms with Crippen molar-refractivity contribution in [2.24, 2.45) is 12.8 Å². The average Bonchev–Trinajstić information content (AvgIpc) is 3.28. The number of nitrogens with zero attached hydrogens (tertiary/aromatic N) is 5. The molecule has 47 heavy (non-hydrogen) atoms.